The first-order valence-electron chi connectivity index (χ1n) is 9.93. The van der Waals surface area contributed by atoms with E-state index in [2.05, 4.69) is 47.1 Å². The van der Waals surface area contributed by atoms with Crippen LogP contribution in [0.3, 0.4) is 0 Å². The Kier molecular flexibility index (Phi) is 4.73. The molecule has 1 saturated heterocycles. The summed E-state index contributed by atoms with van der Waals surface area (Å²) in [5, 5.41) is 24.3. The second-order valence-electron chi connectivity index (χ2n) is 7.47. The van der Waals surface area contributed by atoms with Crippen molar-refractivity contribution in [1.29, 1.82) is 10.5 Å². The standard InChI is InChI=1S/C21H18N10/c22-4-1-18(14-3-6-30(10-14)21-15(7-23)8-24-12-28-21)31-11-16(9-29-31)19-17-2-5-25-20(17)27-13-26-19/h2,5,8-9,11-14,18H,1,3,6,10H2,(H,25,26,27)/t14-,18-/m0/s1. The van der Waals surface area contributed by atoms with E-state index in [4.69, 9.17) is 0 Å². The lowest BCUT2D eigenvalue weighted by Crippen LogP contribution is -2.26. The zero-order chi connectivity index (χ0) is 21.2. The molecule has 10 nitrogen and oxygen atoms in total. The predicted octanol–water partition coefficient (Wildman–Crippen LogP) is 2.46. The fourth-order valence-corrected chi connectivity index (χ4v) is 4.26. The van der Waals surface area contributed by atoms with Crippen molar-refractivity contribution in [3.05, 3.63) is 49.1 Å². The lowest BCUT2D eigenvalue weighted by molar-refractivity contribution is 0.332. The van der Waals surface area contributed by atoms with E-state index in [1.165, 1.54) is 18.9 Å². The molecule has 5 rings (SSSR count). The van der Waals surface area contributed by atoms with Crippen LogP contribution in [-0.2, 0) is 0 Å². The maximum atomic E-state index is 9.47. The maximum absolute atomic E-state index is 9.47. The molecular formula is C21H18N10. The molecule has 4 aromatic rings. The van der Waals surface area contributed by atoms with Gasteiger partial charge in [-0.15, -0.1) is 0 Å². The fraction of sp³-hybridized carbons (Fsp3) is 0.286. The van der Waals surface area contributed by atoms with Crippen molar-refractivity contribution in [3.8, 4) is 23.4 Å². The minimum Gasteiger partial charge on any atom is -0.355 e. The highest BCUT2D eigenvalue weighted by Gasteiger charge is 2.33. The third-order valence-corrected chi connectivity index (χ3v) is 5.75. The number of hydrogen-bond acceptors (Lipinski definition) is 8. The number of nitrogens with one attached hydrogen (secondary N) is 1. The molecule has 0 bridgehead atoms. The molecule has 0 amide bonds. The van der Waals surface area contributed by atoms with E-state index in [9.17, 15) is 10.5 Å². The summed E-state index contributed by atoms with van der Waals surface area (Å²) in [5.41, 5.74) is 2.92. The van der Waals surface area contributed by atoms with Crippen LogP contribution in [0.2, 0.25) is 0 Å². The van der Waals surface area contributed by atoms with Gasteiger partial charge in [0.2, 0.25) is 0 Å². The smallest absolute Gasteiger partial charge is 0.149 e. The lowest BCUT2D eigenvalue weighted by Gasteiger charge is -2.23. The molecule has 4 aromatic heterocycles. The van der Waals surface area contributed by atoms with E-state index in [1.807, 2.05) is 23.1 Å². The molecule has 1 aliphatic heterocycles. The van der Waals surface area contributed by atoms with Gasteiger partial charge in [0.15, 0.2) is 0 Å². The van der Waals surface area contributed by atoms with Crippen molar-refractivity contribution in [2.75, 3.05) is 18.0 Å². The van der Waals surface area contributed by atoms with Crippen LogP contribution >= 0.6 is 0 Å². The molecule has 31 heavy (non-hydrogen) atoms. The minimum absolute atomic E-state index is 0.0836. The molecule has 5 heterocycles. The Hall–Kier alpha value is -4.31. The number of nitrogens with zero attached hydrogens (tertiary/aromatic N) is 9. The molecular weight excluding hydrogens is 392 g/mol. The lowest BCUT2D eigenvalue weighted by atomic mass is 9.96. The van der Waals surface area contributed by atoms with Crippen molar-refractivity contribution in [1.82, 2.24) is 34.7 Å². The van der Waals surface area contributed by atoms with Crippen LogP contribution in [0.4, 0.5) is 5.82 Å². The molecule has 2 atom stereocenters. The van der Waals surface area contributed by atoms with Crippen molar-refractivity contribution >= 4 is 16.9 Å². The molecule has 0 radical (unpaired) electrons. The van der Waals surface area contributed by atoms with Gasteiger partial charge in [0.25, 0.3) is 0 Å². The zero-order valence-electron chi connectivity index (χ0n) is 16.5. The summed E-state index contributed by atoms with van der Waals surface area (Å²) < 4.78 is 1.87. The topological polar surface area (TPSA) is 136 Å². The SMILES string of the molecule is N#CC[C@@H]([C@H]1CCN(c2ncncc2C#N)C1)n1cc(-c2ncnc3[nH]ccc23)cn1. The predicted molar refractivity (Wildman–Crippen MR) is 111 cm³/mol. The van der Waals surface area contributed by atoms with Crippen LogP contribution in [-0.4, -0.2) is 47.8 Å². The van der Waals surface area contributed by atoms with Crippen LogP contribution < -0.4 is 4.90 Å². The van der Waals surface area contributed by atoms with Gasteiger partial charge in [-0.25, -0.2) is 19.9 Å². The van der Waals surface area contributed by atoms with Crippen molar-refractivity contribution in [2.45, 2.75) is 18.9 Å². The van der Waals surface area contributed by atoms with Gasteiger partial charge in [-0.2, -0.15) is 15.6 Å². The summed E-state index contributed by atoms with van der Waals surface area (Å²) in [4.78, 5) is 22.1. The molecule has 1 fully saturated rings. The van der Waals surface area contributed by atoms with Crippen LogP contribution in [0.1, 0.15) is 24.4 Å². The zero-order valence-corrected chi connectivity index (χ0v) is 16.5. The number of hydrogen-bond donors (Lipinski definition) is 1. The first kappa shape index (κ1) is 18.7. The fourth-order valence-electron chi connectivity index (χ4n) is 4.26. The highest BCUT2D eigenvalue weighted by molar-refractivity contribution is 5.89. The number of aromatic nitrogens is 7. The van der Waals surface area contributed by atoms with Gasteiger partial charge in [0.05, 0.1) is 36.6 Å². The van der Waals surface area contributed by atoms with E-state index in [-0.39, 0.29) is 12.0 Å². The molecule has 0 aromatic carbocycles. The molecule has 0 spiro atoms. The second kappa shape index (κ2) is 7.84. The van der Waals surface area contributed by atoms with Gasteiger partial charge in [-0.1, -0.05) is 0 Å². The van der Waals surface area contributed by atoms with Gasteiger partial charge in [-0.05, 0) is 12.5 Å². The summed E-state index contributed by atoms with van der Waals surface area (Å²) in [6, 6.07) is 6.32. The minimum atomic E-state index is -0.0836. The second-order valence-corrected chi connectivity index (χ2v) is 7.47. The Morgan fingerprint density at radius 1 is 1.19 bits per heavy atom. The first-order valence-corrected chi connectivity index (χ1v) is 9.93. The number of anilines is 1. The van der Waals surface area contributed by atoms with Crippen LogP contribution in [0.15, 0.2) is 43.5 Å². The molecule has 152 valence electrons. The third kappa shape index (κ3) is 3.34. The number of fused-ring (bicyclic) bond motifs is 1. The Balaban J connectivity index is 1.42. The Morgan fingerprint density at radius 2 is 2.13 bits per heavy atom. The summed E-state index contributed by atoms with van der Waals surface area (Å²) >= 11 is 0. The van der Waals surface area contributed by atoms with E-state index >= 15 is 0 Å². The van der Waals surface area contributed by atoms with Crippen molar-refractivity contribution in [3.63, 3.8) is 0 Å². The van der Waals surface area contributed by atoms with Crippen LogP contribution in [0.5, 0.6) is 0 Å². The molecule has 1 aliphatic rings. The highest BCUT2D eigenvalue weighted by Crippen LogP contribution is 2.34. The third-order valence-electron chi connectivity index (χ3n) is 5.75. The van der Waals surface area contributed by atoms with Crippen molar-refractivity contribution in [2.24, 2.45) is 5.92 Å². The van der Waals surface area contributed by atoms with Gasteiger partial charge >= 0.3 is 0 Å². The average molecular weight is 410 g/mol. The van der Waals surface area contributed by atoms with Crippen LogP contribution in [0, 0.1) is 28.6 Å². The van der Waals surface area contributed by atoms with Gasteiger partial charge in [-0.3, -0.25) is 4.68 Å². The highest BCUT2D eigenvalue weighted by atomic mass is 15.3. The maximum Gasteiger partial charge on any atom is 0.149 e. The normalized spacial score (nSPS) is 16.8. The van der Waals surface area contributed by atoms with Gasteiger partial charge in [0, 0.05) is 42.4 Å². The largest absolute Gasteiger partial charge is 0.355 e. The molecule has 0 unspecified atom stereocenters. The average Bonchev–Trinajstić information content (AvgIpc) is 3.57. The Bertz CT molecular complexity index is 1310. The molecule has 10 heteroatoms. The first-order chi connectivity index (χ1) is 15.3. The Morgan fingerprint density at radius 3 is 3.00 bits per heavy atom. The van der Waals surface area contributed by atoms with Crippen molar-refractivity contribution < 1.29 is 0 Å². The van der Waals surface area contributed by atoms with Gasteiger partial charge in [0.1, 0.15) is 35.8 Å². The van der Waals surface area contributed by atoms with E-state index < -0.39 is 0 Å². The van der Waals surface area contributed by atoms with E-state index in [0.29, 0.717) is 24.3 Å². The summed E-state index contributed by atoms with van der Waals surface area (Å²) in [6.45, 7) is 1.46. The Labute approximate surface area is 177 Å². The quantitative estimate of drug-likeness (QED) is 0.530. The van der Waals surface area contributed by atoms with E-state index in [0.717, 1.165) is 35.3 Å². The molecule has 1 N–H and O–H groups in total. The number of rotatable bonds is 5. The number of H-pyrrole nitrogens is 1. The molecule has 0 saturated carbocycles. The number of nitriles is 2. The summed E-state index contributed by atoms with van der Waals surface area (Å²) in [7, 11) is 0. The molecule has 0 aliphatic carbocycles. The van der Waals surface area contributed by atoms with E-state index in [1.54, 1.807) is 6.20 Å². The van der Waals surface area contributed by atoms with Crippen LogP contribution in [0.25, 0.3) is 22.3 Å². The monoisotopic (exact) mass is 410 g/mol. The summed E-state index contributed by atoms with van der Waals surface area (Å²) in [5.74, 6) is 0.847. The number of aromatic amines is 1. The van der Waals surface area contributed by atoms with Gasteiger partial charge < -0.3 is 9.88 Å². The summed E-state index contributed by atoms with van der Waals surface area (Å²) in [6.07, 6.45) is 11.3.